The molecule has 0 saturated heterocycles. The molecule has 0 fully saturated rings. The van der Waals surface area contributed by atoms with Crippen molar-refractivity contribution in [1.82, 2.24) is 0 Å². The van der Waals surface area contributed by atoms with Gasteiger partial charge in [0.2, 0.25) is 0 Å². The van der Waals surface area contributed by atoms with E-state index in [0.29, 0.717) is 0 Å². The Morgan fingerprint density at radius 1 is 0.538 bits per heavy atom. The second kappa shape index (κ2) is 6.39. The molecule has 1 atom stereocenters. The van der Waals surface area contributed by atoms with Gasteiger partial charge in [-0.1, -0.05) is 66.7 Å². The maximum absolute atomic E-state index is 2.63. The summed E-state index contributed by atoms with van der Waals surface area (Å²) < 4.78 is 0. The van der Waals surface area contributed by atoms with Gasteiger partial charge >= 0.3 is 0 Å². The van der Waals surface area contributed by atoms with Crippen LogP contribution in [0.5, 0.6) is 0 Å². The third-order valence-corrected chi connectivity index (χ3v) is 1.85. The van der Waals surface area contributed by atoms with Crippen LogP contribution in [0.1, 0.15) is 0 Å². The molecule has 2 aromatic carbocycles. The smallest absolute Gasteiger partial charge is 0.0303 e. The maximum atomic E-state index is 2.63. The van der Waals surface area contributed by atoms with Gasteiger partial charge in [-0.15, -0.1) is 9.24 Å². The molecular formula is C12H13P. The quantitative estimate of drug-likeness (QED) is 0.558. The van der Waals surface area contributed by atoms with E-state index in [2.05, 4.69) is 9.24 Å². The van der Waals surface area contributed by atoms with Gasteiger partial charge in [0.1, 0.15) is 0 Å². The number of hydrogen-bond acceptors (Lipinski definition) is 0. The van der Waals surface area contributed by atoms with E-state index < -0.39 is 0 Å². The molecule has 0 N–H and O–H groups in total. The summed E-state index contributed by atoms with van der Waals surface area (Å²) in [4.78, 5) is 0. The molecule has 0 aliphatic carbocycles. The van der Waals surface area contributed by atoms with Crippen LogP contribution in [0.25, 0.3) is 0 Å². The van der Waals surface area contributed by atoms with Gasteiger partial charge < -0.3 is 0 Å². The molecule has 2 aromatic rings. The molecule has 66 valence electrons. The first kappa shape index (κ1) is 9.95. The molecule has 2 rings (SSSR count). The fourth-order valence-corrected chi connectivity index (χ4v) is 1.06. The third-order valence-electron chi connectivity index (χ3n) is 1.47. The van der Waals surface area contributed by atoms with E-state index in [1.54, 1.807) is 0 Å². The van der Waals surface area contributed by atoms with E-state index in [9.17, 15) is 0 Å². The minimum Gasteiger partial charge on any atom is -0.106 e. The van der Waals surface area contributed by atoms with Gasteiger partial charge in [0.05, 0.1) is 0 Å². The first-order valence-corrected chi connectivity index (χ1v) is 4.78. The van der Waals surface area contributed by atoms with Crippen molar-refractivity contribution in [3.8, 4) is 0 Å². The fourth-order valence-electron chi connectivity index (χ4n) is 0.838. The molecule has 0 nitrogen and oxygen atoms in total. The Kier molecular flexibility index (Phi) is 4.90. The minimum absolute atomic E-state index is 1.24. The average Bonchev–Trinajstić information content (AvgIpc) is 2.22. The van der Waals surface area contributed by atoms with Crippen LogP contribution >= 0.6 is 9.24 Å². The Morgan fingerprint density at radius 2 is 0.846 bits per heavy atom. The molecule has 0 radical (unpaired) electrons. The van der Waals surface area contributed by atoms with Crippen molar-refractivity contribution in [3.63, 3.8) is 0 Å². The Morgan fingerprint density at radius 3 is 1.08 bits per heavy atom. The highest BCUT2D eigenvalue weighted by Crippen LogP contribution is 1.86. The number of benzene rings is 2. The fraction of sp³-hybridized carbons (Fsp3) is 0. The number of hydrogen-bond donors (Lipinski definition) is 0. The third kappa shape index (κ3) is 5.16. The zero-order valence-electron chi connectivity index (χ0n) is 7.43. The zero-order chi connectivity index (χ0) is 9.36. The van der Waals surface area contributed by atoms with Crippen LogP contribution in [0.4, 0.5) is 0 Å². The van der Waals surface area contributed by atoms with Gasteiger partial charge in [-0.25, -0.2) is 0 Å². The minimum atomic E-state index is 1.24. The second-order valence-corrected chi connectivity index (χ2v) is 3.23. The van der Waals surface area contributed by atoms with Crippen molar-refractivity contribution in [2.45, 2.75) is 0 Å². The standard InChI is InChI=1S/C6H7P.C6H6/c7-6-4-2-1-3-5-6;1-2-4-6-5-3-1/h1-5H,7H2;1-6H. The Hall–Kier alpha value is -1.13. The Balaban J connectivity index is 0.000000132. The summed E-state index contributed by atoms with van der Waals surface area (Å²) >= 11 is 0. The summed E-state index contributed by atoms with van der Waals surface area (Å²) in [6.45, 7) is 0. The summed E-state index contributed by atoms with van der Waals surface area (Å²) in [5.41, 5.74) is 0. The van der Waals surface area contributed by atoms with Crippen molar-refractivity contribution >= 4 is 14.5 Å². The molecule has 0 spiro atoms. The first-order valence-electron chi connectivity index (χ1n) is 4.20. The van der Waals surface area contributed by atoms with E-state index in [0.717, 1.165) is 0 Å². The van der Waals surface area contributed by atoms with Gasteiger partial charge in [0, 0.05) is 0 Å². The van der Waals surface area contributed by atoms with Gasteiger partial charge in [-0.3, -0.25) is 0 Å². The van der Waals surface area contributed by atoms with E-state index in [1.807, 2.05) is 66.7 Å². The molecule has 0 heterocycles. The van der Waals surface area contributed by atoms with Gasteiger partial charge in [-0.05, 0) is 5.30 Å². The monoisotopic (exact) mass is 188 g/mol. The van der Waals surface area contributed by atoms with E-state index >= 15 is 0 Å². The Bertz CT molecular complexity index is 276. The van der Waals surface area contributed by atoms with Crippen LogP contribution in [-0.2, 0) is 0 Å². The highest BCUT2D eigenvalue weighted by molar-refractivity contribution is 7.27. The summed E-state index contributed by atoms with van der Waals surface area (Å²) in [6, 6.07) is 22.1. The number of rotatable bonds is 0. The summed E-state index contributed by atoms with van der Waals surface area (Å²) in [7, 11) is 2.63. The molecule has 13 heavy (non-hydrogen) atoms. The van der Waals surface area contributed by atoms with Crippen molar-refractivity contribution in [2.75, 3.05) is 0 Å². The van der Waals surface area contributed by atoms with Crippen molar-refractivity contribution in [3.05, 3.63) is 66.7 Å². The first-order chi connectivity index (χ1) is 6.39. The van der Waals surface area contributed by atoms with Gasteiger partial charge in [-0.2, -0.15) is 0 Å². The van der Waals surface area contributed by atoms with Crippen LogP contribution in [0.2, 0.25) is 0 Å². The van der Waals surface area contributed by atoms with E-state index in [1.165, 1.54) is 5.30 Å². The van der Waals surface area contributed by atoms with Crippen LogP contribution < -0.4 is 5.30 Å². The highest BCUT2D eigenvalue weighted by Gasteiger charge is 1.72. The maximum Gasteiger partial charge on any atom is -0.0303 e. The van der Waals surface area contributed by atoms with Crippen LogP contribution in [0, 0.1) is 0 Å². The topological polar surface area (TPSA) is 0 Å². The van der Waals surface area contributed by atoms with E-state index in [-0.39, 0.29) is 0 Å². The molecule has 0 saturated carbocycles. The van der Waals surface area contributed by atoms with E-state index in [4.69, 9.17) is 0 Å². The summed E-state index contributed by atoms with van der Waals surface area (Å²) in [5, 5.41) is 1.24. The molecule has 0 amide bonds. The molecule has 0 aromatic heterocycles. The van der Waals surface area contributed by atoms with Gasteiger partial charge in [0.25, 0.3) is 0 Å². The average molecular weight is 188 g/mol. The lowest BCUT2D eigenvalue weighted by Gasteiger charge is -1.82. The molecule has 1 heteroatoms. The highest BCUT2D eigenvalue weighted by atomic mass is 31.0. The molecule has 0 aliphatic heterocycles. The second-order valence-electron chi connectivity index (χ2n) is 2.57. The molecule has 0 bridgehead atoms. The predicted molar refractivity (Wildman–Crippen MR) is 62.2 cm³/mol. The van der Waals surface area contributed by atoms with Gasteiger partial charge in [0.15, 0.2) is 0 Å². The lowest BCUT2D eigenvalue weighted by Crippen LogP contribution is -1.82. The molecular weight excluding hydrogens is 175 g/mol. The molecule has 0 aliphatic rings. The SMILES string of the molecule is Pc1ccccc1.c1ccccc1. The van der Waals surface area contributed by atoms with Crippen molar-refractivity contribution in [2.24, 2.45) is 0 Å². The van der Waals surface area contributed by atoms with Crippen molar-refractivity contribution < 1.29 is 0 Å². The summed E-state index contributed by atoms with van der Waals surface area (Å²) in [5.74, 6) is 0. The van der Waals surface area contributed by atoms with Crippen molar-refractivity contribution in [1.29, 1.82) is 0 Å². The lowest BCUT2D eigenvalue weighted by molar-refractivity contribution is 1.72. The largest absolute Gasteiger partial charge is 0.106 e. The van der Waals surface area contributed by atoms with Crippen LogP contribution in [0.3, 0.4) is 0 Å². The van der Waals surface area contributed by atoms with Crippen LogP contribution in [-0.4, -0.2) is 0 Å². The Labute approximate surface area is 81.8 Å². The normalized spacial score (nSPS) is 8.38. The molecule has 1 unspecified atom stereocenters. The lowest BCUT2D eigenvalue weighted by atomic mass is 10.4. The zero-order valence-corrected chi connectivity index (χ0v) is 8.58. The summed E-state index contributed by atoms with van der Waals surface area (Å²) in [6.07, 6.45) is 0. The predicted octanol–water partition coefficient (Wildman–Crippen LogP) is 2.87. The van der Waals surface area contributed by atoms with Crippen LogP contribution in [0.15, 0.2) is 66.7 Å².